The fourth-order valence-corrected chi connectivity index (χ4v) is 4.90. The second kappa shape index (κ2) is 5.06. The summed E-state index contributed by atoms with van der Waals surface area (Å²) in [4.78, 5) is 6.43. The Balaban J connectivity index is 2.09. The van der Waals surface area contributed by atoms with Crippen LogP contribution in [0.25, 0.3) is 0 Å². The Morgan fingerprint density at radius 1 is 1.30 bits per heavy atom. The second-order valence-electron chi connectivity index (χ2n) is 4.44. The number of rotatable bonds is 3. The molecule has 0 radical (unpaired) electrons. The van der Waals surface area contributed by atoms with E-state index in [1.165, 1.54) is 15.6 Å². The third-order valence-electron chi connectivity index (χ3n) is 3.33. The summed E-state index contributed by atoms with van der Waals surface area (Å²) >= 11 is 1.24. The van der Waals surface area contributed by atoms with E-state index in [0.29, 0.717) is 23.0 Å². The third kappa shape index (κ3) is 2.06. The quantitative estimate of drug-likeness (QED) is 0.872. The highest BCUT2D eigenvalue weighted by Gasteiger charge is 2.32. The lowest BCUT2D eigenvalue weighted by Crippen LogP contribution is -2.44. The van der Waals surface area contributed by atoms with Gasteiger partial charge in [-0.25, -0.2) is 13.4 Å². The molecular formula is C13H15N3O2S2. The van der Waals surface area contributed by atoms with Crippen molar-refractivity contribution in [1.29, 1.82) is 0 Å². The maximum atomic E-state index is 12.7. The molecule has 1 aliphatic rings. The Morgan fingerprint density at radius 3 is 2.85 bits per heavy atom. The molecule has 0 bridgehead atoms. The fraction of sp³-hybridized carbons (Fsp3) is 0.308. The zero-order chi connectivity index (χ0) is 14.2. The van der Waals surface area contributed by atoms with Crippen LogP contribution in [0.4, 0.5) is 11.5 Å². The molecule has 3 heterocycles. The Kier molecular flexibility index (Phi) is 3.39. The predicted molar refractivity (Wildman–Crippen MR) is 81.0 cm³/mol. The number of fused-ring (bicyclic) bond motifs is 1. The number of hydrogen-bond donors (Lipinski definition) is 0. The van der Waals surface area contributed by atoms with Crippen molar-refractivity contribution >= 4 is 32.9 Å². The Hall–Kier alpha value is -1.60. The lowest BCUT2D eigenvalue weighted by Gasteiger charge is -2.36. The van der Waals surface area contributed by atoms with E-state index in [9.17, 15) is 8.42 Å². The van der Waals surface area contributed by atoms with Gasteiger partial charge in [-0.2, -0.15) is 0 Å². The van der Waals surface area contributed by atoms with Crippen LogP contribution >= 0.6 is 11.3 Å². The van der Waals surface area contributed by atoms with Gasteiger partial charge in [-0.05, 0) is 30.5 Å². The van der Waals surface area contributed by atoms with Gasteiger partial charge in [0.1, 0.15) is 4.21 Å². The molecule has 2 aromatic heterocycles. The molecule has 0 fully saturated rings. The van der Waals surface area contributed by atoms with E-state index in [1.54, 1.807) is 29.8 Å². The van der Waals surface area contributed by atoms with Crippen LogP contribution in [-0.4, -0.2) is 33.0 Å². The average molecular weight is 309 g/mol. The number of anilines is 2. The van der Waals surface area contributed by atoms with Gasteiger partial charge in [-0.1, -0.05) is 6.07 Å². The lowest BCUT2D eigenvalue weighted by atomic mass is 10.3. The van der Waals surface area contributed by atoms with Gasteiger partial charge in [0.2, 0.25) is 0 Å². The summed E-state index contributed by atoms with van der Waals surface area (Å²) in [6, 6.07) is 6.98. The smallest absolute Gasteiger partial charge is 0.274 e. The van der Waals surface area contributed by atoms with E-state index in [1.807, 2.05) is 13.0 Å². The molecule has 3 rings (SSSR count). The number of likely N-dealkylation sites (N-methyl/N-ethyl adjacent to an activating group) is 1. The van der Waals surface area contributed by atoms with Crippen molar-refractivity contribution in [1.82, 2.24) is 4.98 Å². The number of sulfonamides is 1. The number of pyridine rings is 1. The highest BCUT2D eigenvalue weighted by atomic mass is 32.2. The van der Waals surface area contributed by atoms with Crippen molar-refractivity contribution in [3.63, 3.8) is 0 Å². The molecule has 0 amide bonds. The maximum absolute atomic E-state index is 12.7. The van der Waals surface area contributed by atoms with Crippen LogP contribution in [0.15, 0.2) is 40.1 Å². The van der Waals surface area contributed by atoms with Crippen molar-refractivity contribution in [2.24, 2.45) is 0 Å². The number of aromatic nitrogens is 1. The Bertz CT molecular complexity index is 698. The van der Waals surface area contributed by atoms with Crippen LogP contribution in [-0.2, 0) is 10.0 Å². The highest BCUT2D eigenvalue weighted by molar-refractivity contribution is 7.94. The zero-order valence-corrected chi connectivity index (χ0v) is 12.7. The van der Waals surface area contributed by atoms with Gasteiger partial charge in [0, 0.05) is 19.3 Å². The van der Waals surface area contributed by atoms with Gasteiger partial charge in [-0.3, -0.25) is 4.31 Å². The molecule has 0 spiro atoms. The summed E-state index contributed by atoms with van der Waals surface area (Å²) in [6.45, 7) is 3.97. The molecule has 0 N–H and O–H groups in total. The second-order valence-corrected chi connectivity index (χ2v) is 7.47. The highest BCUT2D eigenvalue weighted by Crippen LogP contribution is 2.35. The van der Waals surface area contributed by atoms with E-state index in [2.05, 4.69) is 9.88 Å². The summed E-state index contributed by atoms with van der Waals surface area (Å²) in [5.74, 6) is 0.737. The van der Waals surface area contributed by atoms with Crippen molar-refractivity contribution in [3.05, 3.63) is 35.8 Å². The van der Waals surface area contributed by atoms with Gasteiger partial charge < -0.3 is 4.90 Å². The summed E-state index contributed by atoms with van der Waals surface area (Å²) in [5, 5.41) is 1.78. The number of hydrogen-bond acceptors (Lipinski definition) is 5. The molecular weight excluding hydrogens is 294 g/mol. The first-order valence-corrected chi connectivity index (χ1v) is 8.73. The van der Waals surface area contributed by atoms with Crippen molar-refractivity contribution in [2.75, 3.05) is 28.8 Å². The first-order chi connectivity index (χ1) is 9.64. The molecule has 0 saturated carbocycles. The first kappa shape index (κ1) is 13.4. The van der Waals surface area contributed by atoms with Gasteiger partial charge in [0.25, 0.3) is 10.0 Å². The molecule has 106 valence electrons. The largest absolute Gasteiger partial charge is 0.353 e. The van der Waals surface area contributed by atoms with Crippen molar-refractivity contribution in [2.45, 2.75) is 11.1 Å². The maximum Gasteiger partial charge on any atom is 0.274 e. The molecule has 1 aliphatic heterocycles. The van der Waals surface area contributed by atoms with E-state index in [-0.39, 0.29) is 0 Å². The van der Waals surface area contributed by atoms with Crippen LogP contribution in [0.3, 0.4) is 0 Å². The molecule has 2 aromatic rings. The summed E-state index contributed by atoms with van der Waals surface area (Å²) < 4.78 is 27.2. The summed E-state index contributed by atoms with van der Waals surface area (Å²) in [7, 11) is -3.48. The lowest BCUT2D eigenvalue weighted by molar-refractivity contribution is 0.590. The Morgan fingerprint density at radius 2 is 2.15 bits per heavy atom. The van der Waals surface area contributed by atoms with Crippen molar-refractivity contribution in [3.8, 4) is 0 Å². The first-order valence-electron chi connectivity index (χ1n) is 6.41. The normalized spacial score (nSPS) is 15.2. The van der Waals surface area contributed by atoms with Crippen LogP contribution in [0, 0.1) is 0 Å². The van der Waals surface area contributed by atoms with Crippen LogP contribution < -0.4 is 9.21 Å². The van der Waals surface area contributed by atoms with Gasteiger partial charge in [-0.15, -0.1) is 11.3 Å². The van der Waals surface area contributed by atoms with Gasteiger partial charge >= 0.3 is 0 Å². The van der Waals surface area contributed by atoms with E-state index >= 15 is 0 Å². The van der Waals surface area contributed by atoms with E-state index in [0.717, 1.165) is 12.4 Å². The topological polar surface area (TPSA) is 53.5 Å². The van der Waals surface area contributed by atoms with Crippen LogP contribution in [0.5, 0.6) is 0 Å². The molecule has 0 atom stereocenters. The molecule has 0 unspecified atom stereocenters. The minimum Gasteiger partial charge on any atom is -0.353 e. The monoisotopic (exact) mass is 309 g/mol. The van der Waals surface area contributed by atoms with Crippen molar-refractivity contribution < 1.29 is 8.42 Å². The van der Waals surface area contributed by atoms with Crippen LogP contribution in [0.1, 0.15) is 6.92 Å². The van der Waals surface area contributed by atoms with Crippen LogP contribution in [0.2, 0.25) is 0 Å². The summed E-state index contributed by atoms with van der Waals surface area (Å²) in [5.41, 5.74) is 0.661. The standard InChI is InChI=1S/C13H15N3O2S2/c1-2-15-8-9-16(11-5-3-7-14-13(11)15)20(17,18)12-6-4-10-19-12/h3-7,10H,2,8-9H2,1H3. The Labute approximate surface area is 122 Å². The van der Waals surface area contributed by atoms with Gasteiger partial charge in [0.15, 0.2) is 5.82 Å². The van der Waals surface area contributed by atoms with E-state index < -0.39 is 10.0 Å². The average Bonchev–Trinajstić information content (AvgIpc) is 3.01. The van der Waals surface area contributed by atoms with E-state index in [4.69, 9.17) is 0 Å². The molecule has 0 aromatic carbocycles. The zero-order valence-electron chi connectivity index (χ0n) is 11.1. The van der Waals surface area contributed by atoms with Gasteiger partial charge in [0.05, 0.1) is 12.2 Å². The minimum absolute atomic E-state index is 0.372. The molecule has 7 heteroatoms. The minimum atomic E-state index is -3.48. The predicted octanol–water partition coefficient (Wildman–Crippen LogP) is 2.18. The SMILES string of the molecule is CCN1CCN(S(=O)(=O)c2cccs2)c2cccnc21. The molecule has 0 saturated heterocycles. The third-order valence-corrected chi connectivity index (χ3v) is 6.51. The summed E-state index contributed by atoms with van der Waals surface area (Å²) in [6.07, 6.45) is 1.70. The fourth-order valence-electron chi connectivity index (χ4n) is 2.34. The molecule has 5 nitrogen and oxygen atoms in total. The molecule has 20 heavy (non-hydrogen) atoms. The number of nitrogens with zero attached hydrogens (tertiary/aromatic N) is 3. The number of thiophene rings is 1. The molecule has 0 aliphatic carbocycles.